The van der Waals surface area contributed by atoms with Crippen LogP contribution in [0, 0.1) is 0 Å². The fourth-order valence-corrected chi connectivity index (χ4v) is 6.25. The summed E-state index contributed by atoms with van der Waals surface area (Å²) in [5.74, 6) is 0. The third-order valence-corrected chi connectivity index (χ3v) is 7.43. The number of carbonyl (C=O) groups excluding carboxylic acids is 1. The number of rotatable bonds is 3. The zero-order valence-corrected chi connectivity index (χ0v) is 18.7. The van der Waals surface area contributed by atoms with Crippen LogP contribution in [0.1, 0.15) is 42.0 Å². The predicted molar refractivity (Wildman–Crippen MR) is 127 cm³/mol. The summed E-state index contributed by atoms with van der Waals surface area (Å²) in [6, 6.07) is 28.8. The third kappa shape index (κ3) is 2.64. The van der Waals surface area contributed by atoms with Crippen LogP contribution in [0.25, 0.3) is 0 Å². The van der Waals surface area contributed by atoms with Crippen molar-refractivity contribution in [3.05, 3.63) is 119 Å². The van der Waals surface area contributed by atoms with Gasteiger partial charge in [0.15, 0.2) is 0 Å². The van der Waals surface area contributed by atoms with Crippen LogP contribution in [-0.2, 0) is 20.7 Å². The van der Waals surface area contributed by atoms with Gasteiger partial charge in [-0.25, -0.2) is 4.79 Å². The molecule has 6 rings (SSSR count). The van der Waals surface area contributed by atoms with Gasteiger partial charge in [0.2, 0.25) is 0 Å². The smallest absolute Gasteiger partial charge is 0.410 e. The van der Waals surface area contributed by atoms with E-state index in [9.17, 15) is 4.79 Å². The summed E-state index contributed by atoms with van der Waals surface area (Å²) in [7, 11) is 0. The first-order valence-electron chi connectivity index (χ1n) is 11.7. The Morgan fingerprint density at radius 2 is 1.27 bits per heavy atom. The fraction of sp³-hybridized carbons (Fsp3) is 0.276. The van der Waals surface area contributed by atoms with E-state index in [1.165, 1.54) is 0 Å². The lowest BCUT2D eigenvalue weighted by atomic mass is 9.77. The molecule has 0 saturated carbocycles. The average Bonchev–Trinajstić information content (AvgIpc) is 2.99. The quantitative estimate of drug-likeness (QED) is 0.489. The van der Waals surface area contributed by atoms with Gasteiger partial charge >= 0.3 is 6.09 Å². The molecule has 4 heteroatoms. The molecule has 0 aromatic heterocycles. The van der Waals surface area contributed by atoms with E-state index in [1.807, 2.05) is 48.2 Å². The van der Waals surface area contributed by atoms with E-state index in [4.69, 9.17) is 9.47 Å². The van der Waals surface area contributed by atoms with E-state index in [0.717, 1.165) is 22.3 Å². The van der Waals surface area contributed by atoms with Crippen LogP contribution in [0.2, 0.25) is 0 Å². The molecular formula is C29H27NO3. The molecule has 3 aliphatic rings. The summed E-state index contributed by atoms with van der Waals surface area (Å²) in [4.78, 5) is 15.6. The van der Waals surface area contributed by atoms with Crippen LogP contribution in [-0.4, -0.2) is 29.7 Å². The van der Waals surface area contributed by atoms with Crippen molar-refractivity contribution in [3.63, 3.8) is 0 Å². The molecule has 4 nitrogen and oxygen atoms in total. The normalized spacial score (nSPS) is 29.3. The van der Waals surface area contributed by atoms with Crippen molar-refractivity contribution in [1.82, 2.24) is 4.90 Å². The number of fused-ring (bicyclic) bond motifs is 9. The van der Waals surface area contributed by atoms with Gasteiger partial charge in [-0.1, -0.05) is 97.1 Å². The molecule has 4 bridgehead atoms. The van der Waals surface area contributed by atoms with Crippen molar-refractivity contribution >= 4 is 6.09 Å². The van der Waals surface area contributed by atoms with Gasteiger partial charge in [0, 0.05) is 0 Å². The molecule has 33 heavy (non-hydrogen) atoms. The minimum absolute atomic E-state index is 0.219. The topological polar surface area (TPSA) is 38.8 Å². The zero-order valence-electron chi connectivity index (χ0n) is 18.7. The molecule has 1 amide bonds. The van der Waals surface area contributed by atoms with E-state index in [0.29, 0.717) is 19.4 Å². The van der Waals surface area contributed by atoms with E-state index in [-0.39, 0.29) is 18.2 Å². The second kappa shape index (κ2) is 7.60. The highest BCUT2D eigenvalue weighted by Gasteiger charge is 2.69. The van der Waals surface area contributed by atoms with Crippen molar-refractivity contribution in [2.45, 2.75) is 43.1 Å². The number of amides is 1. The Hall–Kier alpha value is -3.37. The molecular weight excluding hydrogens is 410 g/mol. The maximum Gasteiger partial charge on any atom is 0.410 e. The van der Waals surface area contributed by atoms with Crippen LogP contribution in [0.4, 0.5) is 4.79 Å². The first-order valence-corrected chi connectivity index (χ1v) is 11.7. The molecule has 3 aromatic rings. The number of hydrogen-bond acceptors (Lipinski definition) is 3. The standard InChI is InChI=1S/C29H27NO3/c1-2-32-27(31)30-25-19-11-12-20-26(30)29(22-15-7-4-8-16-22)24-18-10-9-17-23(24)28(25,33-29)21-13-5-3-6-14-21/h3-18,25-26H,2,19-20H2,1H3/t25-,26+,28-,29-/m0/s1. The lowest BCUT2D eigenvalue weighted by Crippen LogP contribution is -2.66. The highest BCUT2D eigenvalue weighted by Crippen LogP contribution is 2.63. The summed E-state index contributed by atoms with van der Waals surface area (Å²) in [5, 5.41) is 0. The maximum absolute atomic E-state index is 13.6. The van der Waals surface area contributed by atoms with Crippen molar-refractivity contribution in [1.29, 1.82) is 0 Å². The molecule has 4 atom stereocenters. The lowest BCUT2D eigenvalue weighted by molar-refractivity contribution is -0.211. The van der Waals surface area contributed by atoms with E-state index in [1.54, 1.807) is 0 Å². The molecule has 0 N–H and O–H groups in total. The first-order chi connectivity index (χ1) is 16.2. The van der Waals surface area contributed by atoms with Crippen molar-refractivity contribution in [3.8, 4) is 0 Å². The van der Waals surface area contributed by atoms with Crippen LogP contribution in [0.15, 0.2) is 97.1 Å². The second-order valence-electron chi connectivity index (χ2n) is 8.93. The van der Waals surface area contributed by atoms with Gasteiger partial charge in [-0.3, -0.25) is 4.90 Å². The minimum Gasteiger partial charge on any atom is -0.450 e. The summed E-state index contributed by atoms with van der Waals surface area (Å²) in [5.41, 5.74) is 2.79. The average molecular weight is 438 g/mol. The molecule has 0 aliphatic carbocycles. The van der Waals surface area contributed by atoms with Crippen LogP contribution in [0.3, 0.4) is 0 Å². The van der Waals surface area contributed by atoms with Gasteiger partial charge in [-0.05, 0) is 42.0 Å². The summed E-state index contributed by atoms with van der Waals surface area (Å²) >= 11 is 0. The number of nitrogens with zero attached hydrogens (tertiary/aromatic N) is 1. The number of carbonyl (C=O) groups is 1. The van der Waals surface area contributed by atoms with Gasteiger partial charge in [-0.2, -0.15) is 0 Å². The molecule has 1 fully saturated rings. The number of hydrogen-bond donors (Lipinski definition) is 0. The predicted octanol–water partition coefficient (Wildman–Crippen LogP) is 5.76. The number of ether oxygens (including phenoxy) is 2. The summed E-state index contributed by atoms with van der Waals surface area (Å²) in [6.07, 6.45) is 5.53. The Kier molecular flexibility index (Phi) is 4.66. The van der Waals surface area contributed by atoms with Gasteiger partial charge in [0.1, 0.15) is 11.2 Å². The van der Waals surface area contributed by atoms with Gasteiger partial charge in [-0.15, -0.1) is 0 Å². The second-order valence-corrected chi connectivity index (χ2v) is 8.93. The van der Waals surface area contributed by atoms with E-state index >= 15 is 0 Å². The monoisotopic (exact) mass is 437 g/mol. The van der Waals surface area contributed by atoms with Crippen molar-refractivity contribution < 1.29 is 14.3 Å². The molecule has 3 aromatic carbocycles. The molecule has 0 spiro atoms. The zero-order chi connectivity index (χ0) is 22.5. The van der Waals surface area contributed by atoms with Gasteiger partial charge in [0.25, 0.3) is 0 Å². The molecule has 0 radical (unpaired) electrons. The lowest BCUT2D eigenvalue weighted by Gasteiger charge is -2.55. The Morgan fingerprint density at radius 3 is 1.73 bits per heavy atom. The van der Waals surface area contributed by atoms with Crippen LogP contribution in [0.5, 0.6) is 0 Å². The molecule has 1 saturated heterocycles. The molecule has 3 aliphatic heterocycles. The Balaban J connectivity index is 1.72. The number of morpholine rings is 1. The molecule has 166 valence electrons. The summed E-state index contributed by atoms with van der Waals surface area (Å²) in [6.45, 7) is 2.20. The first kappa shape index (κ1) is 20.3. The van der Waals surface area contributed by atoms with Crippen LogP contribution >= 0.6 is 0 Å². The SMILES string of the molecule is CCOC(=O)N1[C@H]2CC=CC[C@@H]1[C@@]1(c3ccccc3)O[C@@]2(c2ccccc2)c2ccccc21. The number of benzene rings is 3. The van der Waals surface area contributed by atoms with Crippen molar-refractivity contribution in [2.75, 3.05) is 6.61 Å². The van der Waals surface area contributed by atoms with Gasteiger partial charge in [0.05, 0.1) is 18.7 Å². The Morgan fingerprint density at radius 1 is 0.818 bits per heavy atom. The molecule has 3 heterocycles. The highest BCUT2D eigenvalue weighted by atomic mass is 16.6. The fourth-order valence-electron chi connectivity index (χ4n) is 6.25. The van der Waals surface area contributed by atoms with Crippen LogP contribution < -0.4 is 0 Å². The largest absolute Gasteiger partial charge is 0.450 e. The minimum atomic E-state index is -0.800. The van der Waals surface area contributed by atoms with E-state index < -0.39 is 11.2 Å². The Labute approximate surface area is 194 Å². The molecule has 0 unspecified atom stereocenters. The van der Waals surface area contributed by atoms with E-state index in [2.05, 4.69) is 60.7 Å². The third-order valence-electron chi connectivity index (χ3n) is 7.43. The maximum atomic E-state index is 13.6. The summed E-state index contributed by atoms with van der Waals surface area (Å²) < 4.78 is 13.1. The highest BCUT2D eigenvalue weighted by molar-refractivity contribution is 5.72. The van der Waals surface area contributed by atoms with Gasteiger partial charge < -0.3 is 9.47 Å². The Bertz CT molecular complexity index is 1120. The van der Waals surface area contributed by atoms with Crippen molar-refractivity contribution in [2.24, 2.45) is 0 Å².